The summed E-state index contributed by atoms with van der Waals surface area (Å²) in [4.78, 5) is 107. The van der Waals surface area contributed by atoms with E-state index < -0.39 is 107 Å². The van der Waals surface area contributed by atoms with Gasteiger partial charge in [-0.05, 0) is 96.6 Å². The van der Waals surface area contributed by atoms with Gasteiger partial charge in [0.15, 0.2) is 5.78 Å². The lowest BCUT2D eigenvalue weighted by Gasteiger charge is -2.41. The number of nitrogens with two attached hydrogens (primary N) is 2. The summed E-state index contributed by atoms with van der Waals surface area (Å²) in [5.74, 6) is -6.78. The number of thioether (sulfide) groups is 1. The number of rotatable bonds is 27. The Morgan fingerprint density at radius 2 is 1.41 bits per heavy atom. The molecule has 0 unspecified atom stereocenters. The lowest BCUT2D eigenvalue weighted by molar-refractivity contribution is -0.165. The zero-order chi connectivity index (χ0) is 55.0. The average Bonchev–Trinajstić information content (AvgIpc) is 3.66. The Bertz CT molecular complexity index is 2410. The number of halogens is 2. The van der Waals surface area contributed by atoms with Crippen molar-refractivity contribution in [2.24, 2.45) is 22.8 Å². The van der Waals surface area contributed by atoms with Crippen molar-refractivity contribution in [3.8, 4) is 11.1 Å². The fourth-order valence-corrected chi connectivity index (χ4v) is 8.71. The minimum atomic E-state index is -1.33. The fourth-order valence-electron chi connectivity index (χ4n) is 7.90. The molecular weight excluding hydrogens is 963 g/mol. The number of carbonyl (C=O) groups excluding carboxylic acids is 8. The van der Waals surface area contributed by atoms with E-state index in [0.717, 1.165) is 35.5 Å². The highest BCUT2D eigenvalue weighted by Crippen LogP contribution is 2.41. The molecule has 1 heterocycles. The number of hydrogen-bond donors (Lipinski definition) is 4. The molecule has 5 atom stereocenters. The number of ether oxygens (including phenoxy) is 2. The van der Waals surface area contributed by atoms with Crippen molar-refractivity contribution < 1.29 is 56.6 Å². The van der Waals surface area contributed by atoms with Gasteiger partial charge in [0, 0.05) is 67.0 Å². The number of aromatic nitrogens is 1. The number of benzene rings is 2. The Morgan fingerprint density at radius 3 is 2.00 bits per heavy atom. The first-order valence-corrected chi connectivity index (χ1v) is 25.7. The van der Waals surface area contributed by atoms with Crippen LogP contribution in [0.5, 0.6) is 0 Å². The van der Waals surface area contributed by atoms with Gasteiger partial charge in [0.05, 0.1) is 36.7 Å². The van der Waals surface area contributed by atoms with E-state index in [9.17, 15) is 42.7 Å². The van der Waals surface area contributed by atoms with E-state index in [0.29, 0.717) is 17.8 Å². The van der Waals surface area contributed by atoms with E-state index >= 15 is 4.39 Å². The molecule has 1 aromatic heterocycles. The molecule has 19 heteroatoms. The highest BCUT2D eigenvalue weighted by Gasteiger charge is 2.38. The smallest absolute Gasteiger partial charge is 0.329 e. The highest BCUT2D eigenvalue weighted by atomic mass is 32.2. The number of unbranched alkanes of at least 4 members (excludes halogenated alkanes) is 1. The quantitative estimate of drug-likeness (QED) is 0.0441. The number of nitrogens with one attached hydrogen (secondary N) is 2. The molecular formula is C54H76F2N6O10S. The van der Waals surface area contributed by atoms with Crippen LogP contribution in [0, 0.1) is 23.0 Å². The third-order valence-electron chi connectivity index (χ3n) is 11.3. The predicted octanol–water partition coefficient (Wildman–Crippen LogP) is 7.12. The van der Waals surface area contributed by atoms with Gasteiger partial charge in [-0.25, -0.2) is 13.6 Å². The van der Waals surface area contributed by atoms with Gasteiger partial charge in [0.1, 0.15) is 34.7 Å². The lowest BCUT2D eigenvalue weighted by Crippen LogP contribution is -2.46. The van der Waals surface area contributed by atoms with Crippen molar-refractivity contribution in [2.45, 2.75) is 163 Å². The second-order valence-electron chi connectivity index (χ2n) is 21.5. The summed E-state index contributed by atoms with van der Waals surface area (Å²) in [7, 11) is 0. The molecule has 0 spiro atoms. The molecule has 73 heavy (non-hydrogen) atoms. The van der Waals surface area contributed by atoms with Gasteiger partial charge in [0.25, 0.3) is 0 Å². The van der Waals surface area contributed by atoms with Gasteiger partial charge in [-0.3, -0.25) is 33.6 Å². The number of primary amides is 1. The number of esters is 2. The van der Waals surface area contributed by atoms with E-state index in [4.69, 9.17) is 20.9 Å². The molecule has 402 valence electrons. The maximum atomic E-state index is 15.4. The van der Waals surface area contributed by atoms with Gasteiger partial charge in [-0.15, -0.1) is 0 Å². The van der Waals surface area contributed by atoms with Crippen molar-refractivity contribution in [3.63, 3.8) is 0 Å². The standard InChI is InChI=1S/C54H76F2N6O10S/c1-33(25-44(64)34(2)57)50(69)60-40(28-45(58)65)43(63)19-15-16-23-62(47(67)32-73-24-22-46(66)59-41(51(70)72-54(9,10)11)29-48(68)71-53(6,7)8)49(52(3,4)5)42-26-36(38-27-37(55)20-21-39(38)56)31-61(42)30-35-17-13-12-14-18-35/h12-14,17-18,20-21,26-27,31,33-34,40-41,49H,15-16,19,22-25,28-30,32,57H2,1-11H3,(H2,58,65)(H,59,66)(H,60,69)/t33-,34-,40-,41+,49-/m0/s1. The number of ketones is 2. The summed E-state index contributed by atoms with van der Waals surface area (Å²) in [6.45, 7) is 19.3. The first kappa shape index (κ1) is 61.4. The van der Waals surface area contributed by atoms with E-state index in [1.165, 1.54) is 13.8 Å². The summed E-state index contributed by atoms with van der Waals surface area (Å²) in [5.41, 5.74) is 10.6. The molecule has 0 aliphatic carbocycles. The zero-order valence-corrected chi connectivity index (χ0v) is 45.1. The van der Waals surface area contributed by atoms with Gasteiger partial charge >= 0.3 is 11.9 Å². The first-order chi connectivity index (χ1) is 33.8. The normalized spacial score (nSPS) is 13.9. The van der Waals surface area contributed by atoms with Crippen LogP contribution in [0.2, 0.25) is 0 Å². The number of hydrogen-bond acceptors (Lipinski definition) is 12. The molecule has 0 fully saturated rings. The molecule has 6 N–H and O–H groups in total. The second-order valence-corrected chi connectivity index (χ2v) is 22.6. The van der Waals surface area contributed by atoms with Crippen molar-refractivity contribution >= 4 is 58.9 Å². The maximum Gasteiger partial charge on any atom is 0.329 e. The fraction of sp³-hybridized carbons (Fsp3) is 0.556. The van der Waals surface area contributed by atoms with Crippen LogP contribution in [-0.4, -0.2) is 104 Å². The molecule has 3 rings (SSSR count). The first-order valence-electron chi connectivity index (χ1n) is 24.6. The maximum absolute atomic E-state index is 15.4. The third kappa shape index (κ3) is 21.2. The van der Waals surface area contributed by atoms with Crippen LogP contribution in [-0.2, 0) is 54.4 Å². The van der Waals surface area contributed by atoms with Crippen LogP contribution in [0.4, 0.5) is 8.78 Å². The van der Waals surface area contributed by atoms with Crippen LogP contribution < -0.4 is 22.1 Å². The highest BCUT2D eigenvalue weighted by molar-refractivity contribution is 7.99. The number of carbonyl (C=O) groups is 8. The topological polar surface area (TPSA) is 239 Å². The van der Waals surface area contributed by atoms with E-state index in [1.807, 2.05) is 55.7 Å². The van der Waals surface area contributed by atoms with Crippen LogP contribution in [0.15, 0.2) is 60.8 Å². The molecule has 0 saturated carbocycles. The second kappa shape index (κ2) is 27.4. The summed E-state index contributed by atoms with van der Waals surface area (Å²) < 4.78 is 42.9. The molecule has 0 aliphatic heterocycles. The molecule has 3 aromatic rings. The minimum Gasteiger partial charge on any atom is -0.460 e. The Morgan fingerprint density at radius 1 is 0.767 bits per heavy atom. The van der Waals surface area contributed by atoms with E-state index in [-0.39, 0.29) is 67.4 Å². The van der Waals surface area contributed by atoms with Crippen molar-refractivity contribution in [3.05, 3.63) is 83.7 Å². The molecule has 0 radical (unpaired) electrons. The van der Waals surface area contributed by atoms with E-state index in [2.05, 4.69) is 10.6 Å². The van der Waals surface area contributed by atoms with Crippen LogP contribution in [0.3, 0.4) is 0 Å². The molecule has 16 nitrogen and oxygen atoms in total. The van der Waals surface area contributed by atoms with Crippen molar-refractivity contribution in [1.29, 1.82) is 0 Å². The Labute approximate surface area is 432 Å². The zero-order valence-electron chi connectivity index (χ0n) is 44.2. The average molecular weight is 1040 g/mol. The minimum absolute atomic E-state index is 0.0264. The Hall–Kier alpha value is -5.95. The van der Waals surface area contributed by atoms with Crippen LogP contribution in [0.25, 0.3) is 11.1 Å². The molecule has 4 amide bonds. The Balaban J connectivity index is 1.96. The van der Waals surface area contributed by atoms with Crippen LogP contribution in [0.1, 0.15) is 138 Å². The van der Waals surface area contributed by atoms with Gasteiger partial charge in [-0.2, -0.15) is 11.8 Å². The third-order valence-corrected chi connectivity index (χ3v) is 12.2. The van der Waals surface area contributed by atoms with Gasteiger partial charge < -0.3 is 41.0 Å². The predicted molar refractivity (Wildman–Crippen MR) is 276 cm³/mol. The summed E-state index contributed by atoms with van der Waals surface area (Å²) in [6, 6.07) is 10.3. The largest absolute Gasteiger partial charge is 0.460 e. The van der Waals surface area contributed by atoms with Gasteiger partial charge in [-0.1, -0.05) is 58.0 Å². The van der Waals surface area contributed by atoms with Crippen molar-refractivity contribution in [1.82, 2.24) is 20.1 Å². The van der Waals surface area contributed by atoms with Gasteiger partial charge in [0.2, 0.25) is 23.6 Å². The SMILES string of the molecule is C[C@H](N)C(=O)C[C@H](C)C(=O)N[C@@H](CC(N)=O)C(=O)CCCCN(C(=O)CSCCC(=O)N[C@H](CC(=O)OC(C)(C)C)C(=O)OC(C)(C)C)[C@@H](c1cc(-c2cc(F)ccc2F)cn1Cc1ccccc1)C(C)(C)C. The molecule has 0 bridgehead atoms. The summed E-state index contributed by atoms with van der Waals surface area (Å²) in [5, 5.41) is 5.17. The Kier molecular flexibility index (Phi) is 23.0. The number of Topliss-reactive ketones (excluding diaryl/α,β-unsaturated/α-hetero) is 2. The number of amides is 4. The molecule has 0 aliphatic rings. The van der Waals surface area contributed by atoms with Crippen LogP contribution >= 0.6 is 11.8 Å². The van der Waals surface area contributed by atoms with E-state index in [1.54, 1.807) is 58.7 Å². The summed E-state index contributed by atoms with van der Waals surface area (Å²) in [6.07, 6.45) is 0.860. The number of nitrogens with zero attached hydrogens (tertiary/aromatic N) is 2. The lowest BCUT2D eigenvalue weighted by atomic mass is 9.82. The van der Waals surface area contributed by atoms with Crippen molar-refractivity contribution in [2.75, 3.05) is 18.1 Å². The molecule has 0 saturated heterocycles. The monoisotopic (exact) mass is 1040 g/mol. The molecule has 2 aromatic carbocycles. The summed E-state index contributed by atoms with van der Waals surface area (Å²) >= 11 is 1.16.